The van der Waals surface area contributed by atoms with E-state index in [-0.39, 0.29) is 5.41 Å². The molecule has 3 heterocycles. The van der Waals surface area contributed by atoms with Gasteiger partial charge in [0, 0.05) is 22.4 Å². The summed E-state index contributed by atoms with van der Waals surface area (Å²) in [4.78, 5) is 4.74. The first kappa shape index (κ1) is 20.3. The predicted molar refractivity (Wildman–Crippen MR) is 160 cm³/mol. The summed E-state index contributed by atoms with van der Waals surface area (Å²) in [5.74, 6) is 0.903. The first-order valence-corrected chi connectivity index (χ1v) is 13.2. The Morgan fingerprint density at radius 1 is 0.744 bits per heavy atom. The molecule has 0 radical (unpaired) electrons. The number of aromatic nitrogens is 4. The molecule has 7 rings (SSSR count). The van der Waals surface area contributed by atoms with E-state index in [4.69, 9.17) is 9.10 Å². The fourth-order valence-corrected chi connectivity index (χ4v) is 5.78. The van der Waals surface area contributed by atoms with Crippen molar-refractivity contribution in [1.29, 1.82) is 0 Å². The van der Waals surface area contributed by atoms with Gasteiger partial charge >= 0.3 is 0 Å². The monoisotopic (exact) mass is 510 g/mol. The van der Waals surface area contributed by atoms with Crippen LogP contribution in [0.2, 0.25) is 0 Å². The normalized spacial score (nSPS) is 13.6. The molecule has 0 aliphatic rings. The van der Waals surface area contributed by atoms with Crippen LogP contribution in [0.4, 0.5) is 0 Å². The lowest BCUT2D eigenvalue weighted by molar-refractivity contribution is -0.645. The van der Waals surface area contributed by atoms with E-state index in [0.717, 1.165) is 39.2 Å². The van der Waals surface area contributed by atoms with Crippen molar-refractivity contribution in [2.45, 2.75) is 26.2 Å². The molecule has 190 valence electrons. The maximum Gasteiger partial charge on any atom is 0.249 e. The SMILES string of the molecule is [2H]C([2H])([2H])[n+]1cn(-c2cccc(C(C)(C)c3ccc4c5ccccc5n(-c5cc(C)ccn5)c4c3)c2)c2ccccc21. The summed E-state index contributed by atoms with van der Waals surface area (Å²) in [6, 6.07) is 35.4. The molecule has 0 saturated heterocycles. The third-order valence-corrected chi connectivity index (χ3v) is 8.00. The Bertz CT molecular complexity index is 2130. The van der Waals surface area contributed by atoms with Gasteiger partial charge in [0.25, 0.3) is 0 Å². The Labute approximate surface area is 232 Å². The average molecular weight is 511 g/mol. The van der Waals surface area contributed by atoms with E-state index in [1.165, 1.54) is 20.9 Å². The number of aryl methyl sites for hydroxylation is 2. The third kappa shape index (κ3) is 3.67. The third-order valence-electron chi connectivity index (χ3n) is 8.00. The Balaban J connectivity index is 1.39. The molecule has 0 bridgehead atoms. The molecule has 0 N–H and O–H groups in total. The zero-order valence-electron chi connectivity index (χ0n) is 25.3. The highest BCUT2D eigenvalue weighted by Crippen LogP contribution is 2.38. The van der Waals surface area contributed by atoms with E-state index >= 15 is 0 Å². The molecule has 0 fully saturated rings. The van der Waals surface area contributed by atoms with Crippen LogP contribution in [-0.2, 0) is 12.4 Å². The highest BCUT2D eigenvalue weighted by Gasteiger charge is 2.26. The quantitative estimate of drug-likeness (QED) is 0.224. The maximum atomic E-state index is 8.06. The highest BCUT2D eigenvalue weighted by atomic mass is 15.1. The zero-order valence-corrected chi connectivity index (χ0v) is 22.3. The fraction of sp³-hybridized carbons (Fsp3) is 0.143. The first-order chi connectivity index (χ1) is 20.1. The van der Waals surface area contributed by atoms with Crippen molar-refractivity contribution >= 4 is 32.8 Å². The second-order valence-electron chi connectivity index (χ2n) is 10.8. The summed E-state index contributed by atoms with van der Waals surface area (Å²) < 4.78 is 29.8. The Hall–Kier alpha value is -4.70. The summed E-state index contributed by atoms with van der Waals surface area (Å²) in [6.45, 7) is 4.29. The van der Waals surface area contributed by atoms with Crippen molar-refractivity contribution < 1.29 is 8.68 Å². The minimum atomic E-state index is -2.28. The summed E-state index contributed by atoms with van der Waals surface area (Å²) in [5, 5.41) is 2.39. The number of para-hydroxylation sites is 3. The first-order valence-electron chi connectivity index (χ1n) is 14.7. The summed E-state index contributed by atoms with van der Waals surface area (Å²) >= 11 is 0. The largest absolute Gasteiger partial charge is 0.294 e. The van der Waals surface area contributed by atoms with Gasteiger partial charge in [-0.05, 0) is 72.1 Å². The zero-order chi connectivity index (χ0) is 29.2. The highest BCUT2D eigenvalue weighted by molar-refractivity contribution is 6.09. The number of benzene rings is 4. The van der Waals surface area contributed by atoms with Crippen molar-refractivity contribution in [2.24, 2.45) is 6.98 Å². The molecular weight excluding hydrogens is 476 g/mol. The van der Waals surface area contributed by atoms with Crippen molar-refractivity contribution in [1.82, 2.24) is 14.1 Å². The van der Waals surface area contributed by atoms with Crippen LogP contribution >= 0.6 is 0 Å². The molecule has 4 heteroatoms. The number of pyridine rings is 1. The Morgan fingerprint density at radius 3 is 2.36 bits per heavy atom. The van der Waals surface area contributed by atoms with E-state index in [0.29, 0.717) is 5.52 Å². The van der Waals surface area contributed by atoms with Crippen LogP contribution in [-0.4, -0.2) is 14.1 Å². The predicted octanol–water partition coefficient (Wildman–Crippen LogP) is 7.58. The molecule has 7 aromatic rings. The van der Waals surface area contributed by atoms with Gasteiger partial charge in [-0.1, -0.05) is 68.4 Å². The van der Waals surface area contributed by atoms with Crippen LogP contribution in [0, 0.1) is 6.92 Å². The van der Waals surface area contributed by atoms with Crippen LogP contribution in [0.3, 0.4) is 0 Å². The Kier molecular flexibility index (Phi) is 4.51. The van der Waals surface area contributed by atoms with Crippen LogP contribution in [0.15, 0.2) is 116 Å². The van der Waals surface area contributed by atoms with E-state index in [2.05, 4.69) is 86.0 Å². The van der Waals surface area contributed by atoms with Crippen molar-refractivity contribution in [3.8, 4) is 11.5 Å². The minimum absolute atomic E-state index is 0.339. The molecular formula is C35H31N4+. The van der Waals surface area contributed by atoms with Gasteiger partial charge in [0.05, 0.1) is 22.1 Å². The number of hydrogen-bond donors (Lipinski definition) is 0. The molecule has 0 atom stereocenters. The van der Waals surface area contributed by atoms with E-state index < -0.39 is 6.98 Å². The molecule has 0 aliphatic carbocycles. The van der Waals surface area contributed by atoms with Gasteiger partial charge in [0.2, 0.25) is 6.33 Å². The van der Waals surface area contributed by atoms with Gasteiger partial charge in [0.1, 0.15) is 11.5 Å². The fourth-order valence-electron chi connectivity index (χ4n) is 5.78. The maximum absolute atomic E-state index is 8.06. The number of nitrogens with zero attached hydrogens (tertiary/aromatic N) is 4. The molecule has 0 saturated carbocycles. The summed E-state index contributed by atoms with van der Waals surface area (Å²) in [7, 11) is 0. The number of fused-ring (bicyclic) bond motifs is 4. The molecule has 0 aliphatic heterocycles. The molecule has 4 aromatic carbocycles. The summed E-state index contributed by atoms with van der Waals surface area (Å²) in [6.07, 6.45) is 3.55. The molecule has 0 amide bonds. The van der Waals surface area contributed by atoms with Crippen molar-refractivity contribution in [3.05, 3.63) is 132 Å². The molecule has 0 spiro atoms. The molecule has 3 aromatic heterocycles. The van der Waals surface area contributed by atoms with Gasteiger partial charge < -0.3 is 0 Å². The molecule has 0 unspecified atom stereocenters. The standard InChI is InChI=1S/C35H31N4/c1-24-18-19-36-34(20-24)39-30-13-6-5-12-28(30)29-17-16-26(22-33(29)39)35(2,3)25-10-9-11-27(21-25)38-23-37(4)31-14-7-8-15-32(31)38/h5-23H,1-4H3/q+1/i4D3. The molecule has 39 heavy (non-hydrogen) atoms. The topological polar surface area (TPSA) is 26.6 Å². The van der Waals surface area contributed by atoms with Crippen molar-refractivity contribution in [3.63, 3.8) is 0 Å². The number of rotatable bonds is 4. The van der Waals surface area contributed by atoms with E-state index in [9.17, 15) is 0 Å². The second kappa shape index (κ2) is 8.67. The van der Waals surface area contributed by atoms with Crippen LogP contribution in [0.25, 0.3) is 44.3 Å². The van der Waals surface area contributed by atoms with Crippen LogP contribution in [0.5, 0.6) is 0 Å². The average Bonchev–Trinajstić information content (AvgIpc) is 3.54. The second-order valence-corrected chi connectivity index (χ2v) is 10.8. The van der Waals surface area contributed by atoms with Gasteiger partial charge in [-0.3, -0.25) is 4.57 Å². The number of hydrogen-bond acceptors (Lipinski definition) is 1. The summed E-state index contributed by atoms with van der Waals surface area (Å²) in [5.41, 5.74) is 7.82. The Morgan fingerprint density at radius 2 is 1.51 bits per heavy atom. The van der Waals surface area contributed by atoms with Crippen LogP contribution < -0.4 is 4.57 Å². The van der Waals surface area contributed by atoms with Gasteiger partial charge in [-0.25, -0.2) is 9.55 Å². The van der Waals surface area contributed by atoms with Gasteiger partial charge in [-0.2, -0.15) is 4.57 Å². The smallest absolute Gasteiger partial charge is 0.249 e. The van der Waals surface area contributed by atoms with E-state index in [1.807, 2.05) is 53.2 Å². The lowest BCUT2D eigenvalue weighted by Gasteiger charge is -2.26. The van der Waals surface area contributed by atoms with Gasteiger partial charge in [-0.15, -0.1) is 0 Å². The number of imidazole rings is 1. The van der Waals surface area contributed by atoms with Gasteiger partial charge in [0.15, 0.2) is 11.0 Å². The lowest BCUT2D eigenvalue weighted by Crippen LogP contribution is -2.25. The van der Waals surface area contributed by atoms with Crippen LogP contribution in [0.1, 0.15) is 34.7 Å². The van der Waals surface area contributed by atoms with Crippen molar-refractivity contribution in [2.75, 3.05) is 0 Å². The van der Waals surface area contributed by atoms with E-state index in [1.54, 1.807) is 6.33 Å². The minimum Gasteiger partial charge on any atom is -0.294 e. The lowest BCUT2D eigenvalue weighted by atomic mass is 9.77. The molecule has 4 nitrogen and oxygen atoms in total.